The van der Waals surface area contributed by atoms with E-state index in [4.69, 9.17) is 4.42 Å². The average molecular weight is 356 g/mol. The van der Waals surface area contributed by atoms with Crippen LogP contribution in [0.2, 0.25) is 0 Å². The summed E-state index contributed by atoms with van der Waals surface area (Å²) in [6.07, 6.45) is 3.05. The van der Waals surface area contributed by atoms with Crippen molar-refractivity contribution in [2.75, 3.05) is 13.1 Å². The highest BCUT2D eigenvalue weighted by molar-refractivity contribution is 7.12. The van der Waals surface area contributed by atoms with E-state index in [-0.39, 0.29) is 17.6 Å². The molecule has 1 aliphatic rings. The molecule has 4 nitrogen and oxygen atoms in total. The molecule has 4 rings (SSSR count). The first-order chi connectivity index (χ1) is 12.2. The van der Waals surface area contributed by atoms with E-state index in [0.29, 0.717) is 31.2 Å². The third-order valence-electron chi connectivity index (χ3n) is 4.40. The number of rotatable bonds is 4. The van der Waals surface area contributed by atoms with Gasteiger partial charge in [0.1, 0.15) is 11.6 Å². The minimum absolute atomic E-state index is 0.0732. The predicted molar refractivity (Wildman–Crippen MR) is 93.3 cm³/mol. The summed E-state index contributed by atoms with van der Waals surface area (Å²) >= 11 is 1.46. The lowest BCUT2D eigenvalue weighted by atomic mass is 10.1. The van der Waals surface area contributed by atoms with Gasteiger partial charge in [0, 0.05) is 19.5 Å². The Kier molecular flexibility index (Phi) is 4.36. The second-order valence-electron chi connectivity index (χ2n) is 6.19. The summed E-state index contributed by atoms with van der Waals surface area (Å²) in [4.78, 5) is 19.4. The van der Waals surface area contributed by atoms with Gasteiger partial charge in [-0.05, 0) is 35.6 Å². The van der Waals surface area contributed by atoms with Crippen LogP contribution in [0.1, 0.15) is 39.2 Å². The minimum atomic E-state index is -0.254. The van der Waals surface area contributed by atoms with E-state index in [9.17, 15) is 9.18 Å². The third-order valence-corrected chi connectivity index (χ3v) is 5.25. The summed E-state index contributed by atoms with van der Waals surface area (Å²) in [7, 11) is 0. The number of amides is 1. The second-order valence-corrected chi connectivity index (χ2v) is 7.13. The number of likely N-dealkylation sites (tertiary alicyclic amines) is 1. The predicted octanol–water partition coefficient (Wildman–Crippen LogP) is 4.10. The first kappa shape index (κ1) is 16.0. The van der Waals surface area contributed by atoms with Crippen LogP contribution in [-0.2, 0) is 6.42 Å². The topological polar surface area (TPSA) is 46.3 Å². The lowest BCUT2D eigenvalue weighted by Crippen LogP contribution is -2.27. The first-order valence-corrected chi connectivity index (χ1v) is 9.09. The highest BCUT2D eigenvalue weighted by atomic mass is 32.1. The average Bonchev–Trinajstić information content (AvgIpc) is 3.35. The SMILES string of the molecule is O=C(c1cccs1)N1CC[C@H](c2ncc(Cc3cccc(F)c3)o2)C1. The van der Waals surface area contributed by atoms with Crippen molar-refractivity contribution < 1.29 is 13.6 Å². The number of nitrogens with zero attached hydrogens (tertiary/aromatic N) is 2. The van der Waals surface area contributed by atoms with E-state index in [1.54, 1.807) is 12.3 Å². The van der Waals surface area contributed by atoms with Crippen molar-refractivity contribution in [3.05, 3.63) is 75.9 Å². The standard InChI is InChI=1S/C19H17FN2O2S/c20-15-4-1-3-13(9-15)10-16-11-21-18(24-16)14-6-7-22(12-14)19(23)17-5-2-8-25-17/h1-5,8-9,11,14H,6-7,10,12H2/t14-/m0/s1. The second kappa shape index (κ2) is 6.80. The maximum atomic E-state index is 13.3. The normalized spacial score (nSPS) is 17.2. The van der Waals surface area contributed by atoms with Crippen LogP contribution in [0.3, 0.4) is 0 Å². The van der Waals surface area contributed by atoms with Crippen LogP contribution in [0, 0.1) is 5.82 Å². The molecule has 0 radical (unpaired) electrons. The molecule has 1 aliphatic heterocycles. The monoisotopic (exact) mass is 356 g/mol. The molecule has 3 heterocycles. The molecule has 3 aromatic rings. The van der Waals surface area contributed by atoms with Crippen LogP contribution in [0.5, 0.6) is 0 Å². The van der Waals surface area contributed by atoms with Gasteiger partial charge in [0.05, 0.1) is 17.0 Å². The summed E-state index contributed by atoms with van der Waals surface area (Å²) in [6.45, 7) is 1.33. The van der Waals surface area contributed by atoms with Crippen molar-refractivity contribution in [1.29, 1.82) is 0 Å². The molecule has 128 valence electrons. The smallest absolute Gasteiger partial charge is 0.263 e. The van der Waals surface area contributed by atoms with Gasteiger partial charge >= 0.3 is 0 Å². The maximum absolute atomic E-state index is 13.3. The summed E-state index contributed by atoms with van der Waals surface area (Å²) in [5, 5.41) is 1.91. The molecule has 0 aliphatic carbocycles. The number of carbonyl (C=O) groups is 1. The highest BCUT2D eigenvalue weighted by Gasteiger charge is 2.31. The first-order valence-electron chi connectivity index (χ1n) is 8.21. The van der Waals surface area contributed by atoms with E-state index in [1.165, 1.54) is 23.5 Å². The number of benzene rings is 1. The van der Waals surface area contributed by atoms with Crippen LogP contribution in [0.4, 0.5) is 4.39 Å². The molecule has 0 spiro atoms. The van der Waals surface area contributed by atoms with Crippen LogP contribution in [0.15, 0.2) is 52.4 Å². The van der Waals surface area contributed by atoms with Crippen molar-refractivity contribution in [1.82, 2.24) is 9.88 Å². The number of halogens is 1. The van der Waals surface area contributed by atoms with Gasteiger partial charge in [-0.3, -0.25) is 4.79 Å². The van der Waals surface area contributed by atoms with E-state index in [1.807, 2.05) is 28.5 Å². The molecule has 6 heteroatoms. The van der Waals surface area contributed by atoms with Crippen LogP contribution >= 0.6 is 11.3 Å². The van der Waals surface area contributed by atoms with Gasteiger partial charge < -0.3 is 9.32 Å². The largest absolute Gasteiger partial charge is 0.445 e. The molecular formula is C19H17FN2O2S. The molecule has 0 saturated carbocycles. The molecule has 1 fully saturated rings. The van der Waals surface area contributed by atoms with Crippen molar-refractivity contribution in [2.24, 2.45) is 0 Å². The molecule has 0 unspecified atom stereocenters. The van der Waals surface area contributed by atoms with Gasteiger partial charge in [-0.25, -0.2) is 9.37 Å². The number of hydrogen-bond acceptors (Lipinski definition) is 4. The molecule has 1 amide bonds. The van der Waals surface area contributed by atoms with Crippen LogP contribution in [-0.4, -0.2) is 28.9 Å². The van der Waals surface area contributed by atoms with E-state index < -0.39 is 0 Å². The molecule has 2 aromatic heterocycles. The lowest BCUT2D eigenvalue weighted by molar-refractivity contribution is 0.0794. The summed E-state index contributed by atoms with van der Waals surface area (Å²) in [5.74, 6) is 1.31. The zero-order chi connectivity index (χ0) is 17.2. The van der Waals surface area contributed by atoms with Gasteiger partial charge in [-0.2, -0.15) is 0 Å². The van der Waals surface area contributed by atoms with Gasteiger partial charge in [-0.15, -0.1) is 11.3 Å². The fraction of sp³-hybridized carbons (Fsp3) is 0.263. The molecule has 1 aromatic carbocycles. The van der Waals surface area contributed by atoms with Gasteiger partial charge in [0.25, 0.3) is 5.91 Å². The van der Waals surface area contributed by atoms with Crippen molar-refractivity contribution in [3.63, 3.8) is 0 Å². The zero-order valence-electron chi connectivity index (χ0n) is 13.5. The molecule has 0 N–H and O–H groups in total. The summed E-state index contributed by atoms with van der Waals surface area (Å²) in [6, 6.07) is 10.2. The molecule has 0 bridgehead atoms. The number of aromatic nitrogens is 1. The Morgan fingerprint density at radius 3 is 3.08 bits per heavy atom. The Balaban J connectivity index is 1.42. The van der Waals surface area contributed by atoms with Crippen LogP contribution < -0.4 is 0 Å². The number of thiophene rings is 1. The van der Waals surface area contributed by atoms with Gasteiger partial charge in [0.2, 0.25) is 0 Å². The van der Waals surface area contributed by atoms with Crippen LogP contribution in [0.25, 0.3) is 0 Å². The quantitative estimate of drug-likeness (QED) is 0.707. The number of hydrogen-bond donors (Lipinski definition) is 0. The van der Waals surface area contributed by atoms with Crippen molar-refractivity contribution in [3.8, 4) is 0 Å². The van der Waals surface area contributed by atoms with Gasteiger partial charge in [-0.1, -0.05) is 18.2 Å². The molecule has 1 atom stereocenters. The van der Waals surface area contributed by atoms with Crippen molar-refractivity contribution in [2.45, 2.75) is 18.8 Å². The van der Waals surface area contributed by atoms with Crippen molar-refractivity contribution >= 4 is 17.2 Å². The third kappa shape index (κ3) is 3.49. The Morgan fingerprint density at radius 1 is 1.36 bits per heavy atom. The van der Waals surface area contributed by atoms with E-state index in [0.717, 1.165) is 16.9 Å². The lowest BCUT2D eigenvalue weighted by Gasteiger charge is -2.14. The minimum Gasteiger partial charge on any atom is -0.445 e. The zero-order valence-corrected chi connectivity index (χ0v) is 14.3. The van der Waals surface area contributed by atoms with Gasteiger partial charge in [0.15, 0.2) is 5.89 Å². The number of oxazole rings is 1. The van der Waals surface area contributed by atoms with E-state index in [2.05, 4.69) is 4.98 Å². The molecule has 1 saturated heterocycles. The summed E-state index contributed by atoms with van der Waals surface area (Å²) in [5.41, 5.74) is 0.851. The maximum Gasteiger partial charge on any atom is 0.263 e. The Bertz CT molecular complexity index is 875. The highest BCUT2D eigenvalue weighted by Crippen LogP contribution is 2.29. The Morgan fingerprint density at radius 2 is 2.28 bits per heavy atom. The summed E-state index contributed by atoms with van der Waals surface area (Å²) < 4.78 is 19.1. The Labute approximate surface area is 148 Å². The number of carbonyl (C=O) groups excluding carboxylic acids is 1. The fourth-order valence-corrected chi connectivity index (χ4v) is 3.83. The fourth-order valence-electron chi connectivity index (χ4n) is 3.14. The Hall–Kier alpha value is -2.47. The van der Waals surface area contributed by atoms with E-state index >= 15 is 0 Å². The molecule has 25 heavy (non-hydrogen) atoms. The molecular weight excluding hydrogens is 339 g/mol.